The number of nitrogens with zero attached hydrogens (tertiary/aromatic N) is 1. The number of hydrogen-bond donors (Lipinski definition) is 0. The minimum Gasteiger partial charge on any atom is -0.232 e. The van der Waals surface area contributed by atoms with Gasteiger partial charge in [-0.25, -0.2) is 5.32 Å². The molecule has 0 saturated heterocycles. The number of alkyl halides is 3. The van der Waals surface area contributed by atoms with Crippen molar-refractivity contribution in [3.05, 3.63) is 106 Å². The third kappa shape index (κ3) is 8.44. The van der Waals surface area contributed by atoms with E-state index in [2.05, 4.69) is 48.3 Å². The molecule has 0 aliphatic rings. The van der Waals surface area contributed by atoms with Crippen molar-refractivity contribution in [2.45, 2.75) is 58.3 Å². The van der Waals surface area contributed by atoms with E-state index in [1.165, 1.54) is 43.4 Å². The average Bonchev–Trinajstić information content (AvgIpc) is 2.82. The Labute approximate surface area is 195 Å². The van der Waals surface area contributed by atoms with Crippen LogP contribution in [0.5, 0.6) is 0 Å². The molecule has 0 atom stereocenters. The molecule has 0 heterocycles. The number of halogens is 3. The molecule has 1 nitrogen and oxygen atoms in total. The normalized spacial score (nSPS) is 11.2. The van der Waals surface area contributed by atoms with Gasteiger partial charge in [-0.3, -0.25) is 0 Å². The molecule has 4 heteroatoms. The van der Waals surface area contributed by atoms with Crippen LogP contribution >= 0.6 is 0 Å². The quantitative estimate of drug-likeness (QED) is 0.237. The van der Waals surface area contributed by atoms with Crippen LogP contribution in [0, 0.1) is 11.8 Å². The molecule has 0 unspecified atom stereocenters. The molecule has 0 fully saturated rings. The van der Waals surface area contributed by atoms with Gasteiger partial charge < -0.3 is 0 Å². The van der Waals surface area contributed by atoms with E-state index in [0.29, 0.717) is 13.1 Å². The zero-order valence-electron chi connectivity index (χ0n) is 19.0. The van der Waals surface area contributed by atoms with Crippen molar-refractivity contribution in [3.63, 3.8) is 0 Å². The summed E-state index contributed by atoms with van der Waals surface area (Å²) >= 11 is 0. The summed E-state index contributed by atoms with van der Waals surface area (Å²) in [6.07, 6.45) is 1.90. The van der Waals surface area contributed by atoms with Crippen molar-refractivity contribution in [1.82, 2.24) is 5.32 Å². The van der Waals surface area contributed by atoms with Gasteiger partial charge in [-0.15, -0.1) is 0 Å². The van der Waals surface area contributed by atoms with Gasteiger partial charge in [0.15, 0.2) is 0 Å². The van der Waals surface area contributed by atoms with Crippen molar-refractivity contribution in [2.75, 3.05) is 0 Å². The van der Waals surface area contributed by atoms with E-state index >= 15 is 0 Å². The Kier molecular flexibility index (Phi) is 9.15. The Bertz CT molecular complexity index is 1040. The summed E-state index contributed by atoms with van der Waals surface area (Å²) < 4.78 is 37.9. The number of unbranched alkanes of at least 4 members (excludes halogenated alkanes) is 3. The Balaban J connectivity index is 1.45. The predicted molar refractivity (Wildman–Crippen MR) is 128 cm³/mol. The molecule has 0 aliphatic heterocycles. The third-order valence-corrected chi connectivity index (χ3v) is 5.45. The second-order valence-corrected chi connectivity index (χ2v) is 8.19. The van der Waals surface area contributed by atoms with Gasteiger partial charge in [-0.05, 0) is 65.9 Å². The topological polar surface area (TPSA) is 14.1 Å². The summed E-state index contributed by atoms with van der Waals surface area (Å²) in [5, 5.41) is 4.45. The summed E-state index contributed by atoms with van der Waals surface area (Å²) in [7, 11) is 0. The first kappa shape index (κ1) is 24.6. The molecule has 0 spiro atoms. The van der Waals surface area contributed by atoms with E-state index in [1.54, 1.807) is 0 Å². The largest absolute Gasteiger partial charge is 0.416 e. The highest BCUT2D eigenvalue weighted by Gasteiger charge is 2.29. The van der Waals surface area contributed by atoms with Gasteiger partial charge in [0.25, 0.3) is 0 Å². The van der Waals surface area contributed by atoms with Crippen LogP contribution in [0.2, 0.25) is 0 Å². The number of hydrogen-bond acceptors (Lipinski definition) is 0. The second-order valence-electron chi connectivity index (χ2n) is 8.19. The molecule has 0 bridgehead atoms. The van der Waals surface area contributed by atoms with E-state index in [4.69, 9.17) is 0 Å². The predicted octanol–water partition coefficient (Wildman–Crippen LogP) is 7.53. The lowest BCUT2D eigenvalue weighted by Crippen LogP contribution is -2.07. The maximum Gasteiger partial charge on any atom is 0.416 e. The first-order chi connectivity index (χ1) is 15.9. The van der Waals surface area contributed by atoms with Gasteiger partial charge in [-0.1, -0.05) is 74.4 Å². The molecule has 0 aromatic heterocycles. The summed E-state index contributed by atoms with van der Waals surface area (Å²) in [6.45, 7) is 3.12. The maximum absolute atomic E-state index is 12.6. The molecule has 0 N–H and O–H groups in total. The molecule has 1 radical (unpaired) electrons. The molecule has 0 amide bonds. The van der Waals surface area contributed by atoms with Gasteiger partial charge in [0.1, 0.15) is 0 Å². The minimum atomic E-state index is -4.31. The maximum atomic E-state index is 12.6. The Morgan fingerprint density at radius 1 is 0.636 bits per heavy atom. The Morgan fingerprint density at radius 3 is 1.61 bits per heavy atom. The average molecular weight is 449 g/mol. The fraction of sp³-hybridized carbons (Fsp3) is 0.310. The smallest absolute Gasteiger partial charge is 0.232 e. The summed E-state index contributed by atoms with van der Waals surface area (Å²) in [5.74, 6) is 6.40. The molecular weight excluding hydrogens is 419 g/mol. The van der Waals surface area contributed by atoms with Crippen molar-refractivity contribution >= 4 is 0 Å². The summed E-state index contributed by atoms with van der Waals surface area (Å²) in [4.78, 5) is 0. The Morgan fingerprint density at radius 2 is 1.12 bits per heavy atom. The van der Waals surface area contributed by atoms with E-state index in [1.807, 2.05) is 24.3 Å². The first-order valence-electron chi connectivity index (χ1n) is 11.4. The van der Waals surface area contributed by atoms with Crippen LogP contribution in [0.15, 0.2) is 72.8 Å². The van der Waals surface area contributed by atoms with Crippen molar-refractivity contribution < 1.29 is 13.2 Å². The molecule has 3 aromatic rings. The summed E-state index contributed by atoms with van der Waals surface area (Å²) in [6, 6.07) is 21.5. The minimum absolute atomic E-state index is 0.383. The van der Waals surface area contributed by atoms with E-state index < -0.39 is 11.7 Å². The number of aryl methyl sites for hydroxylation is 1. The highest BCUT2D eigenvalue weighted by Crippen LogP contribution is 2.29. The van der Waals surface area contributed by atoms with Gasteiger partial charge in [0.2, 0.25) is 0 Å². The fourth-order valence-electron chi connectivity index (χ4n) is 3.46. The van der Waals surface area contributed by atoms with Gasteiger partial charge in [-0.2, -0.15) is 13.2 Å². The third-order valence-electron chi connectivity index (χ3n) is 5.45. The molecule has 0 aliphatic carbocycles. The van der Waals surface area contributed by atoms with Crippen LogP contribution in [0.4, 0.5) is 13.2 Å². The van der Waals surface area contributed by atoms with Crippen molar-refractivity contribution in [2.24, 2.45) is 0 Å². The van der Waals surface area contributed by atoms with Gasteiger partial charge >= 0.3 is 6.18 Å². The van der Waals surface area contributed by atoms with Gasteiger partial charge in [0, 0.05) is 24.2 Å². The standard InChI is InChI=1S/C29H29F3N/c1-2-3-4-5-6-23-7-9-24(10-8-23)11-12-25-13-15-26(16-14-25)21-33-22-27-17-19-28(20-18-27)29(30,31)32/h7-10,13-20H,2-6,21-22H2,1H3. The van der Waals surface area contributed by atoms with Gasteiger partial charge in [0.05, 0.1) is 5.56 Å². The van der Waals surface area contributed by atoms with E-state index in [9.17, 15) is 13.2 Å². The lowest BCUT2D eigenvalue weighted by Gasteiger charge is -2.08. The lowest BCUT2D eigenvalue weighted by atomic mass is 10.0. The first-order valence-corrected chi connectivity index (χ1v) is 11.4. The van der Waals surface area contributed by atoms with Crippen LogP contribution in [0.1, 0.15) is 66.0 Å². The Hall–Kier alpha value is -3.03. The molecule has 171 valence electrons. The van der Waals surface area contributed by atoms with E-state index in [-0.39, 0.29) is 0 Å². The zero-order chi connectivity index (χ0) is 23.5. The van der Waals surface area contributed by atoms with Crippen LogP contribution < -0.4 is 5.32 Å². The zero-order valence-corrected chi connectivity index (χ0v) is 19.0. The van der Waals surface area contributed by atoms with Crippen LogP contribution in [0.25, 0.3) is 0 Å². The second kappa shape index (κ2) is 12.3. The highest BCUT2D eigenvalue weighted by molar-refractivity contribution is 5.44. The molecule has 33 heavy (non-hydrogen) atoms. The lowest BCUT2D eigenvalue weighted by molar-refractivity contribution is -0.137. The monoisotopic (exact) mass is 448 g/mol. The number of rotatable bonds is 9. The van der Waals surface area contributed by atoms with Crippen LogP contribution in [-0.2, 0) is 25.7 Å². The molecule has 0 saturated carbocycles. The molecule has 3 rings (SSSR count). The van der Waals surface area contributed by atoms with E-state index in [0.717, 1.165) is 40.8 Å². The SMILES string of the molecule is CCCCCCc1ccc(C#Cc2ccc(C[N]Cc3ccc(C(F)(F)F)cc3)cc2)cc1. The number of benzene rings is 3. The van der Waals surface area contributed by atoms with Crippen molar-refractivity contribution in [3.8, 4) is 11.8 Å². The fourth-order valence-corrected chi connectivity index (χ4v) is 3.46. The highest BCUT2D eigenvalue weighted by atomic mass is 19.4. The molecule has 3 aromatic carbocycles. The van der Waals surface area contributed by atoms with Crippen LogP contribution in [-0.4, -0.2) is 0 Å². The molecular formula is C29H29F3N. The summed E-state index contributed by atoms with van der Waals surface area (Å²) in [5.41, 5.74) is 4.47. The van der Waals surface area contributed by atoms with Crippen molar-refractivity contribution in [1.29, 1.82) is 0 Å². The van der Waals surface area contributed by atoms with Crippen LogP contribution in [0.3, 0.4) is 0 Å².